The molecule has 1 heterocycles. The summed E-state index contributed by atoms with van der Waals surface area (Å²) in [5, 5.41) is 6.88. The molecule has 0 saturated carbocycles. The summed E-state index contributed by atoms with van der Waals surface area (Å²) in [6.07, 6.45) is 1.13. The van der Waals surface area contributed by atoms with Gasteiger partial charge in [-0.15, -0.1) is 11.3 Å². The van der Waals surface area contributed by atoms with Crippen molar-refractivity contribution in [2.24, 2.45) is 5.41 Å². The Kier molecular flexibility index (Phi) is 6.43. The average Bonchev–Trinajstić information content (AvgIpc) is 2.70. The van der Waals surface area contributed by atoms with Gasteiger partial charge in [0, 0.05) is 30.1 Å². The Hall–Kier alpha value is -0.450. The van der Waals surface area contributed by atoms with Gasteiger partial charge < -0.3 is 10.1 Å². The van der Waals surface area contributed by atoms with E-state index in [0.29, 0.717) is 6.04 Å². The lowest BCUT2D eigenvalue weighted by atomic mass is 9.83. The van der Waals surface area contributed by atoms with Crippen LogP contribution in [-0.2, 0) is 11.2 Å². The van der Waals surface area contributed by atoms with Gasteiger partial charge in [-0.1, -0.05) is 27.7 Å². The average molecular weight is 284 g/mol. The summed E-state index contributed by atoms with van der Waals surface area (Å²) in [6.45, 7) is 14.7. The summed E-state index contributed by atoms with van der Waals surface area (Å²) in [6, 6.07) is 0.315. The van der Waals surface area contributed by atoms with E-state index in [-0.39, 0.29) is 11.5 Å². The molecule has 2 unspecified atom stereocenters. The number of hydrogen-bond donors (Lipinski definition) is 1. The normalized spacial score (nSPS) is 15.5. The molecule has 0 amide bonds. The van der Waals surface area contributed by atoms with Crippen molar-refractivity contribution < 1.29 is 4.74 Å². The van der Waals surface area contributed by atoms with Crippen LogP contribution in [0.4, 0.5) is 0 Å². The van der Waals surface area contributed by atoms with E-state index in [1.807, 2.05) is 6.92 Å². The largest absolute Gasteiger partial charge is 0.376 e. The molecule has 0 spiro atoms. The molecular formula is C15H28N2OS. The van der Waals surface area contributed by atoms with Crippen molar-refractivity contribution in [2.45, 2.75) is 60.1 Å². The minimum Gasteiger partial charge on any atom is -0.376 e. The second kappa shape index (κ2) is 7.36. The first kappa shape index (κ1) is 16.6. The molecular weight excluding hydrogens is 256 g/mol. The molecule has 1 aromatic heterocycles. The van der Waals surface area contributed by atoms with Gasteiger partial charge in [-0.3, -0.25) is 0 Å². The molecule has 19 heavy (non-hydrogen) atoms. The van der Waals surface area contributed by atoms with Gasteiger partial charge in [0.25, 0.3) is 0 Å². The third-order valence-electron chi connectivity index (χ3n) is 3.09. The molecule has 0 fully saturated rings. The van der Waals surface area contributed by atoms with Crippen LogP contribution in [0, 0.1) is 12.3 Å². The molecule has 4 heteroatoms. The molecule has 0 radical (unpaired) electrons. The maximum absolute atomic E-state index is 6.01. The highest BCUT2D eigenvalue weighted by Crippen LogP contribution is 2.27. The van der Waals surface area contributed by atoms with Gasteiger partial charge in [0.1, 0.15) is 0 Å². The minimum atomic E-state index is 0.120. The van der Waals surface area contributed by atoms with E-state index >= 15 is 0 Å². The third kappa shape index (κ3) is 5.21. The SMILES string of the molecule is CCNC(Cc1nc(C)cs1)C(OCC)C(C)(C)C. The van der Waals surface area contributed by atoms with Crippen LogP contribution in [0.1, 0.15) is 45.3 Å². The third-order valence-corrected chi connectivity index (χ3v) is 4.08. The number of thiazole rings is 1. The second-order valence-electron chi connectivity index (χ2n) is 5.99. The Morgan fingerprint density at radius 1 is 1.37 bits per heavy atom. The predicted molar refractivity (Wildman–Crippen MR) is 82.9 cm³/mol. The molecule has 1 N–H and O–H groups in total. The second-order valence-corrected chi connectivity index (χ2v) is 6.94. The molecule has 0 saturated heterocycles. The Morgan fingerprint density at radius 2 is 2.05 bits per heavy atom. The Morgan fingerprint density at radius 3 is 2.47 bits per heavy atom. The fourth-order valence-electron chi connectivity index (χ4n) is 2.38. The summed E-state index contributed by atoms with van der Waals surface area (Å²) in [5.74, 6) is 0. The Balaban J connectivity index is 2.83. The van der Waals surface area contributed by atoms with Crippen LogP contribution in [0.5, 0.6) is 0 Å². The Bertz CT molecular complexity index is 370. The molecule has 0 aliphatic heterocycles. The van der Waals surface area contributed by atoms with Gasteiger partial charge in [-0.05, 0) is 25.8 Å². The van der Waals surface area contributed by atoms with Crippen molar-refractivity contribution in [3.05, 3.63) is 16.1 Å². The van der Waals surface area contributed by atoms with Crippen molar-refractivity contribution >= 4 is 11.3 Å². The zero-order valence-corrected chi connectivity index (χ0v) is 13.9. The molecule has 3 nitrogen and oxygen atoms in total. The zero-order valence-electron chi connectivity index (χ0n) is 13.1. The van der Waals surface area contributed by atoms with Crippen LogP contribution in [0.2, 0.25) is 0 Å². The van der Waals surface area contributed by atoms with Crippen molar-refractivity contribution in [2.75, 3.05) is 13.2 Å². The van der Waals surface area contributed by atoms with Crippen LogP contribution in [0.15, 0.2) is 5.38 Å². The van der Waals surface area contributed by atoms with E-state index in [4.69, 9.17) is 4.74 Å². The maximum atomic E-state index is 6.01. The number of nitrogens with one attached hydrogen (secondary N) is 1. The highest BCUT2D eigenvalue weighted by atomic mass is 32.1. The van der Waals surface area contributed by atoms with Gasteiger partial charge in [0.05, 0.1) is 11.1 Å². The number of hydrogen-bond acceptors (Lipinski definition) is 4. The van der Waals surface area contributed by atoms with Crippen LogP contribution in [0.3, 0.4) is 0 Å². The lowest BCUT2D eigenvalue weighted by Crippen LogP contribution is -2.49. The first-order valence-corrected chi connectivity index (χ1v) is 8.02. The smallest absolute Gasteiger partial charge is 0.0944 e. The fourth-order valence-corrected chi connectivity index (χ4v) is 3.21. The molecule has 0 aliphatic rings. The van der Waals surface area contributed by atoms with E-state index in [2.05, 4.69) is 50.3 Å². The molecule has 110 valence electrons. The summed E-state index contributed by atoms with van der Waals surface area (Å²) >= 11 is 1.74. The first-order chi connectivity index (χ1) is 8.88. The Labute approximate surface area is 121 Å². The minimum absolute atomic E-state index is 0.120. The number of rotatable bonds is 7. The van der Waals surface area contributed by atoms with Gasteiger partial charge >= 0.3 is 0 Å². The van der Waals surface area contributed by atoms with Crippen LogP contribution in [0.25, 0.3) is 0 Å². The molecule has 1 rings (SSSR count). The first-order valence-electron chi connectivity index (χ1n) is 7.14. The van der Waals surface area contributed by atoms with Crippen molar-refractivity contribution in [1.82, 2.24) is 10.3 Å². The van der Waals surface area contributed by atoms with Crippen molar-refractivity contribution in [3.8, 4) is 0 Å². The number of likely N-dealkylation sites (N-methyl/N-ethyl adjacent to an activating group) is 1. The maximum Gasteiger partial charge on any atom is 0.0944 e. The predicted octanol–water partition coefficient (Wildman–Crippen LogP) is 3.42. The van der Waals surface area contributed by atoms with E-state index in [0.717, 1.165) is 25.3 Å². The van der Waals surface area contributed by atoms with Gasteiger partial charge in [0.2, 0.25) is 0 Å². The van der Waals surface area contributed by atoms with Crippen LogP contribution >= 0.6 is 11.3 Å². The summed E-state index contributed by atoms with van der Waals surface area (Å²) in [7, 11) is 0. The fraction of sp³-hybridized carbons (Fsp3) is 0.800. The van der Waals surface area contributed by atoms with Crippen molar-refractivity contribution in [1.29, 1.82) is 0 Å². The number of aromatic nitrogens is 1. The molecule has 0 aromatic carbocycles. The quantitative estimate of drug-likeness (QED) is 0.833. The lowest BCUT2D eigenvalue weighted by Gasteiger charge is -2.37. The van der Waals surface area contributed by atoms with Crippen LogP contribution in [-0.4, -0.2) is 30.3 Å². The highest BCUT2D eigenvalue weighted by Gasteiger charge is 2.33. The number of ether oxygens (including phenoxy) is 1. The highest BCUT2D eigenvalue weighted by molar-refractivity contribution is 7.09. The van der Waals surface area contributed by atoms with E-state index in [1.54, 1.807) is 11.3 Å². The summed E-state index contributed by atoms with van der Waals surface area (Å²) in [4.78, 5) is 4.58. The standard InChI is InChI=1S/C15H28N2OS/c1-7-16-12(9-13-17-11(3)10-19-13)14(18-8-2)15(4,5)6/h10,12,14,16H,7-9H2,1-6H3. The molecule has 0 aliphatic carbocycles. The summed E-state index contributed by atoms with van der Waals surface area (Å²) < 4.78 is 6.01. The van der Waals surface area contributed by atoms with Gasteiger partial charge in [-0.25, -0.2) is 4.98 Å². The van der Waals surface area contributed by atoms with Crippen LogP contribution < -0.4 is 5.32 Å². The van der Waals surface area contributed by atoms with Gasteiger partial charge in [0.15, 0.2) is 0 Å². The zero-order chi connectivity index (χ0) is 14.5. The van der Waals surface area contributed by atoms with E-state index in [9.17, 15) is 0 Å². The molecule has 1 aromatic rings. The monoisotopic (exact) mass is 284 g/mol. The van der Waals surface area contributed by atoms with Crippen molar-refractivity contribution in [3.63, 3.8) is 0 Å². The van der Waals surface area contributed by atoms with E-state index in [1.165, 1.54) is 5.01 Å². The number of aryl methyl sites for hydroxylation is 1. The summed E-state index contributed by atoms with van der Waals surface area (Å²) in [5.41, 5.74) is 1.23. The van der Waals surface area contributed by atoms with Gasteiger partial charge in [-0.2, -0.15) is 0 Å². The number of nitrogens with zero attached hydrogens (tertiary/aromatic N) is 1. The van der Waals surface area contributed by atoms with E-state index < -0.39 is 0 Å². The lowest BCUT2D eigenvalue weighted by molar-refractivity contribution is -0.0352. The molecule has 2 atom stereocenters. The molecule has 0 bridgehead atoms. The topological polar surface area (TPSA) is 34.2 Å².